The van der Waals surface area contributed by atoms with Gasteiger partial charge in [0.05, 0.1) is 12.2 Å². The summed E-state index contributed by atoms with van der Waals surface area (Å²) >= 11 is 0. The highest BCUT2D eigenvalue weighted by atomic mass is 16.3. The van der Waals surface area contributed by atoms with Crippen molar-refractivity contribution in [3.8, 4) is 16.9 Å². The third kappa shape index (κ3) is 3.01. The highest BCUT2D eigenvalue weighted by molar-refractivity contribution is 5.76. The second kappa shape index (κ2) is 6.96. The van der Waals surface area contributed by atoms with Gasteiger partial charge in [-0.3, -0.25) is 4.79 Å². The predicted octanol–water partition coefficient (Wildman–Crippen LogP) is 2.33. The van der Waals surface area contributed by atoms with Crippen LogP contribution in [0.3, 0.4) is 0 Å². The molecular formula is C18H24N2O3. The first-order chi connectivity index (χ1) is 11.0. The topological polar surface area (TPSA) is 75.3 Å². The SMILES string of the molecule is CCc1cc(CC)c(-c2c(O)c(CO)nn(C)c2=O)c(CC)c1. The molecule has 0 saturated heterocycles. The quantitative estimate of drug-likeness (QED) is 0.888. The van der Waals surface area contributed by atoms with E-state index in [0.29, 0.717) is 0 Å². The van der Waals surface area contributed by atoms with E-state index in [1.54, 1.807) is 0 Å². The molecular weight excluding hydrogens is 292 g/mol. The molecule has 0 saturated carbocycles. The second-order valence-electron chi connectivity index (χ2n) is 5.61. The van der Waals surface area contributed by atoms with Crippen LogP contribution in [0.4, 0.5) is 0 Å². The first-order valence-electron chi connectivity index (χ1n) is 8.03. The third-order valence-corrected chi connectivity index (χ3v) is 4.22. The van der Waals surface area contributed by atoms with Gasteiger partial charge in [0, 0.05) is 7.05 Å². The Balaban J connectivity index is 2.91. The Kier molecular flexibility index (Phi) is 5.21. The third-order valence-electron chi connectivity index (χ3n) is 4.22. The van der Waals surface area contributed by atoms with Crippen LogP contribution in [0.2, 0.25) is 0 Å². The second-order valence-corrected chi connectivity index (χ2v) is 5.61. The predicted molar refractivity (Wildman–Crippen MR) is 90.6 cm³/mol. The van der Waals surface area contributed by atoms with Crippen molar-refractivity contribution in [2.75, 3.05) is 0 Å². The minimum absolute atomic E-state index is 0.116. The molecule has 5 heteroatoms. The van der Waals surface area contributed by atoms with Crippen LogP contribution in [-0.2, 0) is 32.9 Å². The molecule has 0 aliphatic rings. The molecule has 0 aliphatic heterocycles. The molecule has 2 aromatic rings. The number of hydrogen-bond donors (Lipinski definition) is 2. The van der Waals surface area contributed by atoms with Crippen molar-refractivity contribution in [3.05, 3.63) is 44.9 Å². The Morgan fingerprint density at radius 2 is 1.61 bits per heavy atom. The van der Waals surface area contributed by atoms with E-state index in [1.807, 2.05) is 13.8 Å². The molecule has 0 radical (unpaired) electrons. The van der Waals surface area contributed by atoms with Crippen LogP contribution in [0.15, 0.2) is 16.9 Å². The molecule has 2 N–H and O–H groups in total. The van der Waals surface area contributed by atoms with Crippen molar-refractivity contribution in [3.63, 3.8) is 0 Å². The Morgan fingerprint density at radius 3 is 2.04 bits per heavy atom. The molecule has 0 unspecified atom stereocenters. The molecule has 0 bridgehead atoms. The zero-order valence-corrected chi connectivity index (χ0v) is 14.2. The van der Waals surface area contributed by atoms with Crippen LogP contribution < -0.4 is 5.56 Å². The van der Waals surface area contributed by atoms with Gasteiger partial charge in [-0.15, -0.1) is 0 Å². The number of aliphatic hydroxyl groups is 1. The summed E-state index contributed by atoms with van der Waals surface area (Å²) in [5.41, 5.74) is 4.06. The smallest absolute Gasteiger partial charge is 0.278 e. The Morgan fingerprint density at radius 1 is 1.04 bits per heavy atom. The maximum atomic E-state index is 12.6. The fourth-order valence-electron chi connectivity index (χ4n) is 2.94. The first-order valence-corrected chi connectivity index (χ1v) is 8.03. The highest BCUT2D eigenvalue weighted by Gasteiger charge is 2.21. The lowest BCUT2D eigenvalue weighted by Gasteiger charge is -2.17. The van der Waals surface area contributed by atoms with Gasteiger partial charge in [0.15, 0.2) is 5.75 Å². The molecule has 1 aromatic heterocycles. The molecule has 0 spiro atoms. The summed E-state index contributed by atoms with van der Waals surface area (Å²) in [4.78, 5) is 12.6. The summed E-state index contributed by atoms with van der Waals surface area (Å²) in [7, 11) is 1.53. The number of aliphatic hydroxyl groups excluding tert-OH is 1. The van der Waals surface area contributed by atoms with E-state index >= 15 is 0 Å². The molecule has 0 fully saturated rings. The average Bonchev–Trinajstić information content (AvgIpc) is 2.57. The van der Waals surface area contributed by atoms with Crippen LogP contribution in [0.1, 0.15) is 43.2 Å². The van der Waals surface area contributed by atoms with E-state index in [2.05, 4.69) is 24.2 Å². The number of aromatic nitrogens is 2. The number of aryl methyl sites for hydroxylation is 4. The van der Waals surface area contributed by atoms with Crippen molar-refractivity contribution in [2.24, 2.45) is 7.05 Å². The summed E-state index contributed by atoms with van der Waals surface area (Å²) in [6.45, 7) is 5.75. The molecule has 0 atom stereocenters. The average molecular weight is 316 g/mol. The molecule has 1 aromatic carbocycles. The van der Waals surface area contributed by atoms with E-state index in [9.17, 15) is 15.0 Å². The van der Waals surface area contributed by atoms with Gasteiger partial charge < -0.3 is 10.2 Å². The van der Waals surface area contributed by atoms with Crippen LogP contribution in [0.5, 0.6) is 5.75 Å². The van der Waals surface area contributed by atoms with E-state index in [1.165, 1.54) is 17.3 Å². The number of aromatic hydroxyl groups is 1. The lowest BCUT2D eigenvalue weighted by atomic mass is 9.89. The standard InChI is InChI=1S/C18H24N2O3/c1-5-11-8-12(6-2)15(13(7-3)9-11)16-17(22)14(10-21)19-20(4)18(16)23/h8-9,21-22H,5-7,10H2,1-4H3. The minimum Gasteiger partial charge on any atom is -0.505 e. The first kappa shape index (κ1) is 17.2. The van der Waals surface area contributed by atoms with E-state index in [0.717, 1.165) is 36.0 Å². The van der Waals surface area contributed by atoms with Gasteiger partial charge in [-0.05, 0) is 41.5 Å². The summed E-state index contributed by atoms with van der Waals surface area (Å²) < 4.78 is 1.17. The number of rotatable bonds is 5. The molecule has 0 amide bonds. The molecule has 124 valence electrons. The number of benzene rings is 1. The Hall–Kier alpha value is -2.14. The maximum absolute atomic E-state index is 12.6. The number of nitrogens with zero attached hydrogens (tertiary/aromatic N) is 2. The zero-order valence-electron chi connectivity index (χ0n) is 14.2. The van der Waals surface area contributed by atoms with Crippen molar-refractivity contribution in [1.29, 1.82) is 0 Å². The molecule has 23 heavy (non-hydrogen) atoms. The summed E-state index contributed by atoms with van der Waals surface area (Å²) in [5.74, 6) is -0.218. The lowest BCUT2D eigenvalue weighted by molar-refractivity contribution is 0.266. The van der Waals surface area contributed by atoms with Gasteiger partial charge in [0.25, 0.3) is 5.56 Å². The van der Waals surface area contributed by atoms with Crippen molar-refractivity contribution in [1.82, 2.24) is 9.78 Å². The van der Waals surface area contributed by atoms with Crippen LogP contribution in [0, 0.1) is 0 Å². The summed E-state index contributed by atoms with van der Waals surface area (Å²) in [5, 5.41) is 23.8. The fourth-order valence-corrected chi connectivity index (χ4v) is 2.94. The Labute approximate surface area is 136 Å². The van der Waals surface area contributed by atoms with Crippen LogP contribution in [-0.4, -0.2) is 20.0 Å². The van der Waals surface area contributed by atoms with Gasteiger partial charge in [0.2, 0.25) is 0 Å². The van der Waals surface area contributed by atoms with E-state index in [-0.39, 0.29) is 22.6 Å². The van der Waals surface area contributed by atoms with Gasteiger partial charge in [-0.1, -0.05) is 32.9 Å². The highest BCUT2D eigenvalue weighted by Crippen LogP contribution is 2.34. The van der Waals surface area contributed by atoms with Crippen LogP contribution >= 0.6 is 0 Å². The molecule has 0 aliphatic carbocycles. The zero-order chi connectivity index (χ0) is 17.1. The molecule has 2 rings (SSSR count). The van der Waals surface area contributed by atoms with Gasteiger partial charge >= 0.3 is 0 Å². The van der Waals surface area contributed by atoms with Crippen molar-refractivity contribution < 1.29 is 10.2 Å². The van der Waals surface area contributed by atoms with Crippen LogP contribution in [0.25, 0.3) is 11.1 Å². The molecule has 5 nitrogen and oxygen atoms in total. The van der Waals surface area contributed by atoms with E-state index in [4.69, 9.17) is 0 Å². The van der Waals surface area contributed by atoms with Gasteiger partial charge in [0.1, 0.15) is 5.69 Å². The monoisotopic (exact) mass is 316 g/mol. The van der Waals surface area contributed by atoms with Gasteiger partial charge in [-0.25, -0.2) is 4.68 Å². The maximum Gasteiger partial charge on any atom is 0.278 e. The van der Waals surface area contributed by atoms with Gasteiger partial charge in [-0.2, -0.15) is 5.10 Å². The minimum atomic E-state index is -0.414. The van der Waals surface area contributed by atoms with Crippen molar-refractivity contribution in [2.45, 2.75) is 46.6 Å². The normalized spacial score (nSPS) is 11.0. The number of hydrogen-bond acceptors (Lipinski definition) is 4. The summed E-state index contributed by atoms with van der Waals surface area (Å²) in [6, 6.07) is 4.18. The Bertz CT molecular complexity index is 754. The van der Waals surface area contributed by atoms with Crippen molar-refractivity contribution >= 4 is 0 Å². The lowest BCUT2D eigenvalue weighted by Crippen LogP contribution is -2.24. The fraction of sp³-hybridized carbons (Fsp3) is 0.444. The van der Waals surface area contributed by atoms with E-state index < -0.39 is 6.61 Å². The largest absolute Gasteiger partial charge is 0.505 e. The summed E-state index contributed by atoms with van der Waals surface area (Å²) in [6.07, 6.45) is 2.44. The molecule has 1 heterocycles.